The van der Waals surface area contributed by atoms with Gasteiger partial charge >= 0.3 is 0 Å². The van der Waals surface area contributed by atoms with Gasteiger partial charge in [-0.1, -0.05) is 36.4 Å². The Balaban J connectivity index is 1.71. The van der Waals surface area contributed by atoms with Crippen molar-refractivity contribution >= 4 is 26.3 Å². The van der Waals surface area contributed by atoms with E-state index in [1.165, 1.54) is 44.6 Å². The van der Waals surface area contributed by atoms with Gasteiger partial charge in [0.05, 0.1) is 29.8 Å². The fourth-order valence-corrected chi connectivity index (χ4v) is 8.59. The van der Waals surface area contributed by atoms with E-state index in [-0.39, 0.29) is 27.5 Å². The zero-order valence-electron chi connectivity index (χ0n) is 18.6. The van der Waals surface area contributed by atoms with Gasteiger partial charge in [0.2, 0.25) is 0 Å². The fraction of sp³-hybridized carbons (Fsp3) is 0.208. The van der Waals surface area contributed by atoms with Crippen LogP contribution in [0.4, 0.5) is 0 Å². The number of hydrogen-bond donors (Lipinski definition) is 3. The molecule has 1 amide bonds. The Labute approximate surface area is 199 Å². The van der Waals surface area contributed by atoms with Crippen LogP contribution in [0.1, 0.15) is 26.7 Å². The van der Waals surface area contributed by atoms with Gasteiger partial charge in [0.15, 0.2) is 21.3 Å². The molecule has 0 saturated carbocycles. The lowest BCUT2D eigenvalue weighted by Crippen LogP contribution is -2.26. The second-order valence-corrected chi connectivity index (χ2v) is 12.0. The monoisotopic (exact) mass is 503 g/mol. The number of nitrogens with one attached hydrogen (secondary N) is 1. The van der Waals surface area contributed by atoms with E-state index in [9.17, 15) is 22.3 Å². The predicted molar refractivity (Wildman–Crippen MR) is 130 cm³/mol. The number of fused-ring (bicyclic) bond motifs is 1. The minimum absolute atomic E-state index is 0.0550. The molecule has 3 aromatic carbocycles. The van der Waals surface area contributed by atoms with Crippen LogP contribution in [0.5, 0.6) is 11.5 Å². The van der Waals surface area contributed by atoms with E-state index in [0.29, 0.717) is 17.1 Å². The summed E-state index contributed by atoms with van der Waals surface area (Å²) in [4.78, 5) is 13.4. The minimum Gasteiger partial charge on any atom is -0.493 e. The number of rotatable bonds is 7. The van der Waals surface area contributed by atoms with E-state index in [0.717, 1.165) is 0 Å². The number of hydrogen-bond acceptors (Lipinski definition) is 7. The van der Waals surface area contributed by atoms with Crippen molar-refractivity contribution in [2.45, 2.75) is 21.6 Å². The lowest BCUT2D eigenvalue weighted by atomic mass is 10.0. The Morgan fingerprint density at radius 2 is 1.71 bits per heavy atom. The highest BCUT2D eigenvalue weighted by Crippen LogP contribution is 2.62. The number of carbonyl (C=O) groups is 1. The normalized spacial score (nSPS) is 17.5. The molecule has 3 N–H and O–H groups in total. The first-order valence-corrected chi connectivity index (χ1v) is 13.6. The number of methoxy groups -OCH3 is 2. The molecule has 0 fully saturated rings. The van der Waals surface area contributed by atoms with Crippen LogP contribution < -0.4 is 14.8 Å². The second-order valence-electron chi connectivity index (χ2n) is 7.73. The Bertz CT molecular complexity index is 1320. The maximum atomic E-state index is 13.4. The third-order valence-electron chi connectivity index (χ3n) is 5.74. The lowest BCUT2D eigenvalue weighted by Gasteiger charge is -2.27. The summed E-state index contributed by atoms with van der Waals surface area (Å²) in [6, 6.07) is 17.6. The molecule has 10 heteroatoms. The summed E-state index contributed by atoms with van der Waals surface area (Å²) in [5.41, 5.74) is 0.878. The van der Waals surface area contributed by atoms with E-state index in [1.54, 1.807) is 36.4 Å². The molecule has 34 heavy (non-hydrogen) atoms. The first-order chi connectivity index (χ1) is 16.2. The van der Waals surface area contributed by atoms with E-state index < -0.39 is 37.3 Å². The maximum Gasteiger partial charge on any atom is 0.251 e. The van der Waals surface area contributed by atoms with Gasteiger partial charge in [-0.25, -0.2) is 8.42 Å². The fourth-order valence-electron chi connectivity index (χ4n) is 4.13. The van der Waals surface area contributed by atoms with Crippen LogP contribution in [0.25, 0.3) is 0 Å². The van der Waals surface area contributed by atoms with Gasteiger partial charge in [0, 0.05) is 23.2 Å². The molecule has 0 radical (unpaired) electrons. The molecule has 8 nitrogen and oxygen atoms in total. The number of carbonyl (C=O) groups excluding carboxylic acids is 1. The topological polar surface area (TPSA) is 122 Å². The van der Waals surface area contributed by atoms with Gasteiger partial charge in [-0.15, -0.1) is 0 Å². The quantitative estimate of drug-likeness (QED) is 0.440. The first-order valence-electron chi connectivity index (χ1n) is 10.4. The Kier molecular flexibility index (Phi) is 6.59. The molecule has 1 heterocycles. The van der Waals surface area contributed by atoms with Crippen molar-refractivity contribution in [2.75, 3.05) is 20.0 Å². The van der Waals surface area contributed by atoms with Crippen molar-refractivity contribution < 1.29 is 31.8 Å². The molecule has 4 rings (SSSR count). The smallest absolute Gasteiger partial charge is 0.251 e. The van der Waals surface area contributed by atoms with Crippen LogP contribution in [-0.2, 0) is 16.4 Å². The lowest BCUT2D eigenvalue weighted by molar-refractivity contribution is 0.0949. The van der Waals surface area contributed by atoms with E-state index in [4.69, 9.17) is 9.47 Å². The third kappa shape index (κ3) is 4.25. The minimum atomic E-state index is -3.98. The van der Waals surface area contributed by atoms with Crippen molar-refractivity contribution in [3.8, 4) is 11.5 Å². The zero-order valence-corrected chi connectivity index (χ0v) is 20.2. The Morgan fingerprint density at radius 3 is 2.38 bits per heavy atom. The Morgan fingerprint density at radius 1 is 1.00 bits per heavy atom. The molecule has 0 spiro atoms. The highest BCUT2D eigenvalue weighted by Gasteiger charge is 2.45. The molecular formula is C24H25NO7S2. The zero-order chi connectivity index (χ0) is 24.5. The predicted octanol–water partition coefficient (Wildman–Crippen LogP) is 4.27. The van der Waals surface area contributed by atoms with Gasteiger partial charge in [-0.05, 0) is 30.3 Å². The third-order valence-corrected chi connectivity index (χ3v) is 9.89. The molecule has 1 aliphatic rings. The highest BCUT2D eigenvalue weighted by molar-refractivity contribution is 8.25. The molecule has 0 saturated heterocycles. The average molecular weight is 504 g/mol. The summed E-state index contributed by atoms with van der Waals surface area (Å²) in [5.74, 6) is 0.0558. The molecule has 1 unspecified atom stereocenters. The van der Waals surface area contributed by atoms with E-state index in [1.807, 2.05) is 0 Å². The van der Waals surface area contributed by atoms with Crippen molar-refractivity contribution in [2.24, 2.45) is 0 Å². The average Bonchev–Trinajstić information content (AvgIpc) is 3.14. The summed E-state index contributed by atoms with van der Waals surface area (Å²) < 4.78 is 58.9. The first kappa shape index (κ1) is 24.1. The molecule has 0 aromatic heterocycles. The molecule has 1 aliphatic heterocycles. The highest BCUT2D eigenvalue weighted by atomic mass is 32.3. The molecule has 180 valence electrons. The molecule has 0 bridgehead atoms. The van der Waals surface area contributed by atoms with E-state index >= 15 is 0 Å². The number of ether oxygens (including phenoxy) is 2. The number of benzene rings is 3. The SMILES string of the molecule is COc1cccc(CNC(=O)c2cccc3c2C(S(=O)(=O)c2ccccc2)CS3(O)O)c1OC. The van der Waals surface area contributed by atoms with Crippen LogP contribution in [0.2, 0.25) is 0 Å². The van der Waals surface area contributed by atoms with Crippen molar-refractivity contribution in [3.63, 3.8) is 0 Å². The molecular weight excluding hydrogens is 478 g/mol. The summed E-state index contributed by atoms with van der Waals surface area (Å²) in [7, 11) is -4.36. The molecule has 3 aromatic rings. The molecule has 1 atom stereocenters. The van der Waals surface area contributed by atoms with Gasteiger partial charge < -0.3 is 14.8 Å². The summed E-state index contributed by atoms with van der Waals surface area (Å²) in [6.45, 7) is 0.0925. The van der Waals surface area contributed by atoms with Gasteiger partial charge in [-0.2, -0.15) is 10.6 Å². The van der Waals surface area contributed by atoms with Gasteiger partial charge in [-0.3, -0.25) is 13.9 Å². The van der Waals surface area contributed by atoms with Crippen molar-refractivity contribution in [1.29, 1.82) is 0 Å². The van der Waals surface area contributed by atoms with Crippen molar-refractivity contribution in [1.82, 2.24) is 5.32 Å². The van der Waals surface area contributed by atoms with Crippen LogP contribution >= 0.6 is 10.6 Å². The second kappa shape index (κ2) is 9.30. The van der Waals surface area contributed by atoms with Crippen LogP contribution in [0.3, 0.4) is 0 Å². The van der Waals surface area contributed by atoms with E-state index in [2.05, 4.69) is 5.32 Å². The van der Waals surface area contributed by atoms with Crippen molar-refractivity contribution in [3.05, 3.63) is 83.4 Å². The standard InChI is InChI=1S/C24H25NO7S2/c1-31-19-12-6-8-16(23(19)32-2)14-25-24(26)18-11-7-13-20-22(18)21(15-33(20,27)28)34(29,30)17-9-4-3-5-10-17/h3-13,21,27-28H,14-15H2,1-2H3,(H,25,26). The Hall–Kier alpha value is -3.05. The van der Waals surface area contributed by atoms with Crippen LogP contribution in [0.15, 0.2) is 76.5 Å². The summed E-state index contributed by atoms with van der Waals surface area (Å²) in [6.07, 6.45) is 0. The number of sulfone groups is 1. The largest absolute Gasteiger partial charge is 0.493 e. The van der Waals surface area contributed by atoms with Crippen LogP contribution in [-0.4, -0.2) is 43.4 Å². The van der Waals surface area contributed by atoms with Gasteiger partial charge in [0.25, 0.3) is 5.91 Å². The van der Waals surface area contributed by atoms with Crippen LogP contribution in [0, 0.1) is 0 Å². The molecule has 0 aliphatic carbocycles. The summed E-state index contributed by atoms with van der Waals surface area (Å²) in [5, 5.41) is 1.53. The number of para-hydroxylation sites is 1. The number of amides is 1. The summed E-state index contributed by atoms with van der Waals surface area (Å²) >= 11 is 0. The van der Waals surface area contributed by atoms with Gasteiger partial charge in [0.1, 0.15) is 5.25 Å². The maximum absolute atomic E-state index is 13.4.